The number of nitrogens with zero attached hydrogens (tertiary/aromatic N) is 1. The van der Waals surface area contributed by atoms with Crippen LogP contribution >= 0.6 is 0 Å². The van der Waals surface area contributed by atoms with Gasteiger partial charge in [0.1, 0.15) is 5.69 Å². The van der Waals surface area contributed by atoms with E-state index in [1.165, 1.54) is 12.3 Å². The van der Waals surface area contributed by atoms with Crippen molar-refractivity contribution in [2.45, 2.75) is 18.6 Å². The average molecular weight is 399 g/mol. The third-order valence-corrected chi connectivity index (χ3v) is 5.84. The highest BCUT2D eigenvalue weighted by atomic mass is 32.2. The first kappa shape index (κ1) is 19.2. The minimum atomic E-state index is -4.44. The van der Waals surface area contributed by atoms with Crippen molar-refractivity contribution in [1.82, 2.24) is 4.98 Å². The lowest BCUT2D eigenvalue weighted by Gasteiger charge is -2.12. The molecule has 1 fully saturated rings. The summed E-state index contributed by atoms with van der Waals surface area (Å²) in [6, 6.07) is 6.94. The molecule has 0 saturated carbocycles. The van der Waals surface area contributed by atoms with Crippen LogP contribution in [0.3, 0.4) is 0 Å². The number of halogens is 3. The lowest BCUT2D eigenvalue weighted by atomic mass is 10.2. The van der Waals surface area contributed by atoms with Crippen LogP contribution in [0, 0.1) is 0 Å². The molecular formula is C17H16F3N3O3S. The zero-order chi connectivity index (χ0) is 19.7. The van der Waals surface area contributed by atoms with Crippen molar-refractivity contribution in [3.05, 3.63) is 53.9 Å². The highest BCUT2D eigenvalue weighted by Crippen LogP contribution is 2.29. The van der Waals surface area contributed by atoms with Gasteiger partial charge in [0.15, 0.2) is 9.84 Å². The predicted molar refractivity (Wildman–Crippen MR) is 94.3 cm³/mol. The number of alkyl halides is 3. The van der Waals surface area contributed by atoms with Crippen LogP contribution in [0.25, 0.3) is 0 Å². The SMILES string of the molecule is O=C(Nc1ccc(C(F)(F)F)cc1)c1ccc(NC2CCS(=O)(=O)C2)cn1. The number of sulfone groups is 1. The van der Waals surface area contributed by atoms with E-state index in [-0.39, 0.29) is 28.9 Å². The topological polar surface area (TPSA) is 88.2 Å². The highest BCUT2D eigenvalue weighted by molar-refractivity contribution is 7.91. The normalized spacial score (nSPS) is 18.9. The monoisotopic (exact) mass is 399 g/mol. The van der Waals surface area contributed by atoms with Gasteiger partial charge in [-0.3, -0.25) is 4.79 Å². The zero-order valence-corrected chi connectivity index (χ0v) is 14.8. The second-order valence-electron chi connectivity index (χ2n) is 6.21. The van der Waals surface area contributed by atoms with Gasteiger partial charge in [0.25, 0.3) is 5.91 Å². The summed E-state index contributed by atoms with van der Waals surface area (Å²) in [6.45, 7) is 0. The molecule has 0 radical (unpaired) electrons. The van der Waals surface area contributed by atoms with Gasteiger partial charge in [0.2, 0.25) is 0 Å². The van der Waals surface area contributed by atoms with Crippen molar-refractivity contribution in [2.75, 3.05) is 22.1 Å². The fourth-order valence-electron chi connectivity index (χ4n) is 2.70. The quantitative estimate of drug-likeness (QED) is 0.825. The molecule has 2 aromatic rings. The number of nitrogens with one attached hydrogen (secondary N) is 2. The molecule has 6 nitrogen and oxygen atoms in total. The van der Waals surface area contributed by atoms with Crippen LogP contribution in [0.2, 0.25) is 0 Å². The van der Waals surface area contributed by atoms with Crippen molar-refractivity contribution in [1.29, 1.82) is 0 Å². The Morgan fingerprint density at radius 1 is 1.07 bits per heavy atom. The predicted octanol–water partition coefficient (Wildman–Crippen LogP) is 2.95. The molecule has 27 heavy (non-hydrogen) atoms. The molecule has 10 heteroatoms. The number of carbonyl (C=O) groups is 1. The molecule has 1 atom stereocenters. The molecule has 1 aliphatic heterocycles. The number of pyridine rings is 1. The standard InChI is InChI=1S/C17H16F3N3O3S/c18-17(19,20)11-1-3-12(4-2-11)23-16(24)15-6-5-13(9-21-15)22-14-7-8-27(25,26)10-14/h1-6,9,14,22H,7-8,10H2,(H,23,24). The molecule has 0 spiro atoms. The van der Waals surface area contributed by atoms with Crippen molar-refractivity contribution < 1.29 is 26.4 Å². The number of hydrogen-bond donors (Lipinski definition) is 2. The highest BCUT2D eigenvalue weighted by Gasteiger charge is 2.30. The summed E-state index contributed by atoms with van der Waals surface area (Å²) in [5.41, 5.74) is 0.0822. The summed E-state index contributed by atoms with van der Waals surface area (Å²) in [5, 5.41) is 5.52. The number of anilines is 2. The number of carbonyl (C=O) groups excluding carboxylic acids is 1. The summed E-state index contributed by atoms with van der Waals surface area (Å²) in [6.07, 6.45) is -2.52. The van der Waals surface area contributed by atoms with E-state index in [1.807, 2.05) is 0 Å². The Hall–Kier alpha value is -2.62. The molecule has 0 aliphatic carbocycles. The Morgan fingerprint density at radius 2 is 1.74 bits per heavy atom. The average Bonchev–Trinajstić information content (AvgIpc) is 2.93. The molecule has 1 unspecified atom stereocenters. The van der Waals surface area contributed by atoms with E-state index in [9.17, 15) is 26.4 Å². The Labute approximate surface area is 153 Å². The summed E-state index contributed by atoms with van der Waals surface area (Å²) < 4.78 is 60.5. The smallest absolute Gasteiger partial charge is 0.380 e. The van der Waals surface area contributed by atoms with Gasteiger partial charge in [0.05, 0.1) is 29.0 Å². The first-order valence-corrected chi connectivity index (χ1v) is 9.86. The van der Waals surface area contributed by atoms with Gasteiger partial charge in [-0.05, 0) is 42.8 Å². The third kappa shape index (κ3) is 4.97. The molecule has 0 bridgehead atoms. The van der Waals surface area contributed by atoms with Gasteiger partial charge in [-0.2, -0.15) is 13.2 Å². The van der Waals surface area contributed by atoms with E-state index in [0.29, 0.717) is 12.1 Å². The van der Waals surface area contributed by atoms with Crippen LogP contribution in [0.5, 0.6) is 0 Å². The van der Waals surface area contributed by atoms with Crippen molar-refractivity contribution in [2.24, 2.45) is 0 Å². The molecule has 2 N–H and O–H groups in total. The maximum absolute atomic E-state index is 12.5. The molecular weight excluding hydrogens is 383 g/mol. The Kier molecular flexibility index (Phi) is 5.09. The number of hydrogen-bond acceptors (Lipinski definition) is 5. The molecule has 1 amide bonds. The van der Waals surface area contributed by atoms with E-state index >= 15 is 0 Å². The molecule has 1 saturated heterocycles. The van der Waals surface area contributed by atoms with Gasteiger partial charge in [-0.25, -0.2) is 13.4 Å². The minimum Gasteiger partial charge on any atom is -0.380 e. The molecule has 1 aromatic carbocycles. The lowest BCUT2D eigenvalue weighted by molar-refractivity contribution is -0.137. The summed E-state index contributed by atoms with van der Waals surface area (Å²) >= 11 is 0. The summed E-state index contributed by atoms with van der Waals surface area (Å²) in [4.78, 5) is 16.1. The lowest BCUT2D eigenvalue weighted by Crippen LogP contribution is -2.21. The fraction of sp³-hybridized carbons (Fsp3) is 0.294. The van der Waals surface area contributed by atoms with Crippen molar-refractivity contribution in [3.8, 4) is 0 Å². The molecule has 144 valence electrons. The number of amides is 1. The Morgan fingerprint density at radius 3 is 2.26 bits per heavy atom. The fourth-order valence-corrected chi connectivity index (χ4v) is 4.37. The molecule has 1 aromatic heterocycles. The van der Waals surface area contributed by atoms with Gasteiger partial charge in [-0.15, -0.1) is 0 Å². The summed E-state index contributed by atoms with van der Waals surface area (Å²) in [5.74, 6) is -0.362. The van der Waals surface area contributed by atoms with Crippen LogP contribution in [0.1, 0.15) is 22.5 Å². The second-order valence-corrected chi connectivity index (χ2v) is 8.43. The van der Waals surface area contributed by atoms with E-state index in [4.69, 9.17) is 0 Å². The van der Waals surface area contributed by atoms with Crippen LogP contribution in [0.15, 0.2) is 42.6 Å². The van der Waals surface area contributed by atoms with Crippen LogP contribution in [0.4, 0.5) is 24.5 Å². The Balaban J connectivity index is 1.60. The molecule has 1 aliphatic rings. The van der Waals surface area contributed by atoms with Gasteiger partial charge in [0, 0.05) is 11.7 Å². The van der Waals surface area contributed by atoms with Crippen LogP contribution < -0.4 is 10.6 Å². The Bertz CT molecular complexity index is 927. The number of rotatable bonds is 4. The zero-order valence-electron chi connectivity index (χ0n) is 14.0. The minimum absolute atomic E-state index is 0.0587. The summed E-state index contributed by atoms with van der Waals surface area (Å²) in [7, 11) is -3.00. The largest absolute Gasteiger partial charge is 0.416 e. The van der Waals surface area contributed by atoms with Gasteiger partial charge in [-0.1, -0.05) is 0 Å². The molecule has 2 heterocycles. The van der Waals surface area contributed by atoms with Crippen LogP contribution in [-0.2, 0) is 16.0 Å². The first-order valence-electron chi connectivity index (χ1n) is 8.04. The molecule has 3 rings (SSSR count). The number of benzene rings is 1. The van der Waals surface area contributed by atoms with Crippen molar-refractivity contribution in [3.63, 3.8) is 0 Å². The van der Waals surface area contributed by atoms with E-state index in [0.717, 1.165) is 24.3 Å². The third-order valence-electron chi connectivity index (χ3n) is 4.07. The first-order chi connectivity index (χ1) is 12.6. The van der Waals surface area contributed by atoms with Crippen LogP contribution in [-0.4, -0.2) is 36.9 Å². The maximum Gasteiger partial charge on any atom is 0.416 e. The van der Waals surface area contributed by atoms with Crippen molar-refractivity contribution >= 4 is 27.1 Å². The second kappa shape index (κ2) is 7.18. The van der Waals surface area contributed by atoms with Gasteiger partial charge < -0.3 is 10.6 Å². The van der Waals surface area contributed by atoms with Gasteiger partial charge >= 0.3 is 6.18 Å². The van der Waals surface area contributed by atoms with E-state index in [2.05, 4.69) is 15.6 Å². The van der Waals surface area contributed by atoms with E-state index in [1.54, 1.807) is 6.07 Å². The van der Waals surface area contributed by atoms with E-state index < -0.39 is 27.5 Å². The maximum atomic E-state index is 12.5. The number of aromatic nitrogens is 1.